The molecule has 0 heterocycles. The molecule has 0 radical (unpaired) electrons. The van der Waals surface area contributed by atoms with Gasteiger partial charge in [0.1, 0.15) is 0 Å². The third-order valence-corrected chi connectivity index (χ3v) is 2.61. The van der Waals surface area contributed by atoms with E-state index in [0.29, 0.717) is 23.6 Å². The molecule has 1 aromatic rings. The van der Waals surface area contributed by atoms with Gasteiger partial charge in [0, 0.05) is 6.42 Å². The molecule has 0 spiro atoms. The molecule has 3 nitrogen and oxygen atoms in total. The Balaban J connectivity index is 2.77. The van der Waals surface area contributed by atoms with Crippen LogP contribution in [0.3, 0.4) is 0 Å². The van der Waals surface area contributed by atoms with Crippen LogP contribution in [0.4, 0.5) is 5.69 Å². The highest BCUT2D eigenvalue weighted by atomic mass is 35.5. The quantitative estimate of drug-likeness (QED) is 0.637. The number of esters is 1. The normalized spacial score (nSPS) is 10.1. The molecule has 0 aromatic heterocycles. The van der Waals surface area contributed by atoms with Crippen molar-refractivity contribution in [3.63, 3.8) is 0 Å². The predicted molar refractivity (Wildman–Crippen MR) is 60.9 cm³/mol. The fourth-order valence-electron chi connectivity index (χ4n) is 1.35. The number of anilines is 1. The zero-order chi connectivity index (χ0) is 11.4. The van der Waals surface area contributed by atoms with E-state index in [1.165, 1.54) is 7.11 Å². The van der Waals surface area contributed by atoms with Crippen molar-refractivity contribution in [2.45, 2.75) is 19.8 Å². The number of methoxy groups -OCH3 is 1. The summed E-state index contributed by atoms with van der Waals surface area (Å²) in [5.74, 6) is -0.220. The predicted octanol–water partition coefficient (Wildman–Crippen LogP) is 2.34. The van der Waals surface area contributed by atoms with Gasteiger partial charge < -0.3 is 10.5 Å². The van der Waals surface area contributed by atoms with E-state index in [4.69, 9.17) is 17.3 Å². The SMILES string of the molecule is COC(=O)CCc1cc(Cl)c(N)cc1C. The summed E-state index contributed by atoms with van der Waals surface area (Å²) >= 11 is 5.89. The molecule has 1 rings (SSSR count). The average Bonchev–Trinajstić information content (AvgIpc) is 2.21. The zero-order valence-electron chi connectivity index (χ0n) is 8.84. The Labute approximate surface area is 94.2 Å². The lowest BCUT2D eigenvalue weighted by molar-refractivity contribution is -0.140. The number of carbonyl (C=O) groups is 1. The maximum atomic E-state index is 11.0. The van der Waals surface area contributed by atoms with Crippen LogP contribution in [0.25, 0.3) is 0 Å². The standard InChI is InChI=1S/C11H14ClNO2/c1-7-5-10(13)9(12)6-8(7)3-4-11(14)15-2/h5-6H,3-4,13H2,1-2H3. The van der Waals surface area contributed by atoms with E-state index in [9.17, 15) is 4.79 Å². The highest BCUT2D eigenvalue weighted by Gasteiger charge is 2.06. The van der Waals surface area contributed by atoms with E-state index in [-0.39, 0.29) is 5.97 Å². The number of halogens is 1. The maximum absolute atomic E-state index is 11.0. The van der Waals surface area contributed by atoms with Crippen LogP contribution in [0.5, 0.6) is 0 Å². The van der Waals surface area contributed by atoms with E-state index in [1.54, 1.807) is 6.07 Å². The third kappa shape index (κ3) is 3.13. The summed E-state index contributed by atoms with van der Waals surface area (Å²) in [5.41, 5.74) is 8.28. The lowest BCUT2D eigenvalue weighted by atomic mass is 10.0. The minimum Gasteiger partial charge on any atom is -0.469 e. The number of nitrogens with two attached hydrogens (primary N) is 1. The van der Waals surface area contributed by atoms with Gasteiger partial charge in [-0.15, -0.1) is 0 Å². The molecule has 4 heteroatoms. The summed E-state index contributed by atoms with van der Waals surface area (Å²) in [6.07, 6.45) is 0.982. The molecule has 1 aromatic carbocycles. The molecule has 15 heavy (non-hydrogen) atoms. The molecule has 0 fully saturated rings. The number of hydrogen-bond acceptors (Lipinski definition) is 3. The molecule has 0 saturated carbocycles. The molecule has 0 aliphatic carbocycles. The lowest BCUT2D eigenvalue weighted by Crippen LogP contribution is -2.03. The van der Waals surface area contributed by atoms with Gasteiger partial charge in [-0.25, -0.2) is 0 Å². The Morgan fingerprint density at radius 2 is 2.20 bits per heavy atom. The molecular formula is C11H14ClNO2. The van der Waals surface area contributed by atoms with Gasteiger partial charge in [0.15, 0.2) is 0 Å². The summed E-state index contributed by atoms with van der Waals surface area (Å²) in [6, 6.07) is 3.62. The fraction of sp³-hybridized carbons (Fsp3) is 0.364. The molecule has 0 unspecified atom stereocenters. The van der Waals surface area contributed by atoms with Gasteiger partial charge in [-0.3, -0.25) is 4.79 Å². The Morgan fingerprint density at radius 1 is 1.53 bits per heavy atom. The minimum absolute atomic E-state index is 0.220. The average molecular weight is 228 g/mol. The Hall–Kier alpha value is -1.22. The van der Waals surface area contributed by atoms with Gasteiger partial charge in [-0.2, -0.15) is 0 Å². The number of ether oxygens (including phenoxy) is 1. The molecule has 2 N–H and O–H groups in total. The molecule has 0 saturated heterocycles. The molecule has 0 aliphatic rings. The van der Waals surface area contributed by atoms with Crippen molar-refractivity contribution in [3.05, 3.63) is 28.3 Å². The summed E-state index contributed by atoms with van der Waals surface area (Å²) in [5, 5.41) is 0.528. The number of hydrogen-bond donors (Lipinski definition) is 1. The number of benzene rings is 1. The Kier molecular flexibility index (Phi) is 3.97. The number of nitrogen functional groups attached to an aromatic ring is 1. The second-order valence-electron chi connectivity index (χ2n) is 3.38. The molecule has 0 amide bonds. The monoisotopic (exact) mass is 227 g/mol. The van der Waals surface area contributed by atoms with E-state index in [2.05, 4.69) is 4.74 Å². The van der Waals surface area contributed by atoms with Crippen molar-refractivity contribution in [3.8, 4) is 0 Å². The van der Waals surface area contributed by atoms with Crippen LogP contribution in [0.1, 0.15) is 17.5 Å². The second kappa shape index (κ2) is 5.03. The Morgan fingerprint density at radius 3 is 2.80 bits per heavy atom. The highest BCUT2D eigenvalue weighted by Crippen LogP contribution is 2.24. The fourth-order valence-corrected chi connectivity index (χ4v) is 1.54. The van der Waals surface area contributed by atoms with Gasteiger partial charge in [0.2, 0.25) is 0 Å². The zero-order valence-corrected chi connectivity index (χ0v) is 9.60. The van der Waals surface area contributed by atoms with Crippen molar-refractivity contribution in [2.24, 2.45) is 0 Å². The first-order chi connectivity index (χ1) is 7.04. The molecular weight excluding hydrogens is 214 g/mol. The molecule has 0 atom stereocenters. The molecule has 82 valence electrons. The second-order valence-corrected chi connectivity index (χ2v) is 3.78. The van der Waals surface area contributed by atoms with Crippen molar-refractivity contribution in [1.82, 2.24) is 0 Å². The van der Waals surface area contributed by atoms with Crippen LogP contribution in [0, 0.1) is 6.92 Å². The third-order valence-electron chi connectivity index (χ3n) is 2.28. The lowest BCUT2D eigenvalue weighted by Gasteiger charge is -2.07. The Bertz CT molecular complexity index is 377. The van der Waals surface area contributed by atoms with Crippen molar-refractivity contribution < 1.29 is 9.53 Å². The largest absolute Gasteiger partial charge is 0.469 e. The smallest absolute Gasteiger partial charge is 0.305 e. The molecule has 0 aliphatic heterocycles. The van der Waals surface area contributed by atoms with Crippen LogP contribution in [-0.4, -0.2) is 13.1 Å². The maximum Gasteiger partial charge on any atom is 0.305 e. The van der Waals surface area contributed by atoms with Crippen molar-refractivity contribution in [1.29, 1.82) is 0 Å². The van der Waals surface area contributed by atoms with Crippen molar-refractivity contribution in [2.75, 3.05) is 12.8 Å². The molecule has 0 bridgehead atoms. The first kappa shape index (κ1) is 11.9. The number of rotatable bonds is 3. The van der Waals surface area contributed by atoms with Gasteiger partial charge >= 0.3 is 5.97 Å². The summed E-state index contributed by atoms with van der Waals surface area (Å²) in [6.45, 7) is 1.94. The van der Waals surface area contributed by atoms with E-state index in [1.807, 2.05) is 13.0 Å². The van der Waals surface area contributed by atoms with Gasteiger partial charge in [-0.1, -0.05) is 11.6 Å². The van der Waals surface area contributed by atoms with Gasteiger partial charge in [0.25, 0.3) is 0 Å². The van der Waals surface area contributed by atoms with E-state index >= 15 is 0 Å². The van der Waals surface area contributed by atoms with Crippen LogP contribution < -0.4 is 5.73 Å². The van der Waals surface area contributed by atoms with Crippen LogP contribution in [0.15, 0.2) is 12.1 Å². The van der Waals surface area contributed by atoms with Crippen LogP contribution in [0.2, 0.25) is 5.02 Å². The minimum atomic E-state index is -0.220. The number of aryl methyl sites for hydroxylation is 2. The van der Waals surface area contributed by atoms with Crippen LogP contribution >= 0.6 is 11.6 Å². The van der Waals surface area contributed by atoms with Crippen molar-refractivity contribution >= 4 is 23.3 Å². The van der Waals surface area contributed by atoms with Gasteiger partial charge in [-0.05, 0) is 36.6 Å². The number of carbonyl (C=O) groups excluding carboxylic acids is 1. The topological polar surface area (TPSA) is 52.3 Å². The summed E-state index contributed by atoms with van der Waals surface area (Å²) < 4.78 is 4.57. The first-order valence-electron chi connectivity index (χ1n) is 4.66. The van der Waals surface area contributed by atoms with E-state index < -0.39 is 0 Å². The highest BCUT2D eigenvalue weighted by molar-refractivity contribution is 6.33. The van der Waals surface area contributed by atoms with Crippen LogP contribution in [-0.2, 0) is 16.0 Å². The van der Waals surface area contributed by atoms with Gasteiger partial charge in [0.05, 0.1) is 17.8 Å². The van der Waals surface area contributed by atoms with E-state index in [0.717, 1.165) is 11.1 Å². The summed E-state index contributed by atoms with van der Waals surface area (Å²) in [7, 11) is 1.38. The first-order valence-corrected chi connectivity index (χ1v) is 5.03. The summed E-state index contributed by atoms with van der Waals surface area (Å²) in [4.78, 5) is 11.0.